The van der Waals surface area contributed by atoms with Crippen molar-refractivity contribution in [3.63, 3.8) is 0 Å². The monoisotopic (exact) mass is 356 g/mol. The number of rotatable bonds is 3. The van der Waals surface area contributed by atoms with E-state index < -0.39 is 0 Å². The molecule has 2 fully saturated rings. The molecule has 0 spiro atoms. The van der Waals surface area contributed by atoms with Crippen LogP contribution in [0.4, 0.5) is 0 Å². The van der Waals surface area contributed by atoms with Crippen molar-refractivity contribution in [1.82, 2.24) is 4.90 Å². The highest BCUT2D eigenvalue weighted by Gasteiger charge is 2.47. The van der Waals surface area contributed by atoms with Crippen molar-refractivity contribution in [3.8, 4) is 22.6 Å². The van der Waals surface area contributed by atoms with Crippen LogP contribution in [0.25, 0.3) is 11.1 Å². The van der Waals surface area contributed by atoms with Gasteiger partial charge in [-0.25, -0.2) is 0 Å². The second-order valence-electron chi connectivity index (χ2n) is 6.97. The summed E-state index contributed by atoms with van der Waals surface area (Å²) in [4.78, 5) is 16.2. The van der Waals surface area contributed by atoms with Crippen molar-refractivity contribution in [3.05, 3.63) is 34.5 Å². The molecule has 2 bridgehead atoms. The van der Waals surface area contributed by atoms with Gasteiger partial charge in [-0.15, -0.1) is 11.3 Å². The van der Waals surface area contributed by atoms with Crippen molar-refractivity contribution in [2.45, 2.75) is 31.3 Å². The van der Waals surface area contributed by atoms with Crippen LogP contribution in [0.1, 0.15) is 28.9 Å². The summed E-state index contributed by atoms with van der Waals surface area (Å²) in [6, 6.07) is 8.42. The van der Waals surface area contributed by atoms with Gasteiger partial charge in [-0.3, -0.25) is 4.79 Å². The zero-order valence-corrected chi connectivity index (χ0v) is 14.6. The standard InChI is InChI=1S/C19H20N2O3S/c20-9-15-12-1-3-13(7-12)21(15)19(22)18-14(5-6-25-18)11-2-4-16-17(8-11)24-10-23-16/h2,4-6,8,12-13,15H,1,3,7,9-10,20H2/t12-,13+,15+/m0/s1. The van der Waals surface area contributed by atoms with Gasteiger partial charge in [0, 0.05) is 24.2 Å². The number of nitrogens with two attached hydrogens (primary N) is 1. The maximum Gasteiger partial charge on any atom is 0.265 e. The fourth-order valence-corrected chi connectivity index (χ4v) is 5.46. The molecular formula is C19H20N2O3S. The Morgan fingerprint density at radius 3 is 3.00 bits per heavy atom. The van der Waals surface area contributed by atoms with Gasteiger partial charge in [-0.1, -0.05) is 6.07 Å². The Morgan fingerprint density at radius 1 is 1.24 bits per heavy atom. The van der Waals surface area contributed by atoms with Gasteiger partial charge in [0.1, 0.15) is 0 Å². The number of hydrogen-bond acceptors (Lipinski definition) is 5. The van der Waals surface area contributed by atoms with Crippen LogP contribution in [0.2, 0.25) is 0 Å². The summed E-state index contributed by atoms with van der Waals surface area (Å²) in [5.74, 6) is 2.20. The third-order valence-corrected chi connectivity index (χ3v) is 6.66. The summed E-state index contributed by atoms with van der Waals surface area (Å²) in [7, 11) is 0. The Morgan fingerprint density at radius 2 is 2.12 bits per heavy atom. The Balaban J connectivity index is 1.50. The van der Waals surface area contributed by atoms with Gasteiger partial charge in [0.05, 0.1) is 4.88 Å². The summed E-state index contributed by atoms with van der Waals surface area (Å²) in [6.07, 6.45) is 3.42. The molecule has 1 aliphatic carbocycles. The molecule has 6 heteroatoms. The predicted octanol–water partition coefficient (Wildman–Crippen LogP) is 3.10. The van der Waals surface area contributed by atoms with Crippen LogP contribution in [0.5, 0.6) is 11.5 Å². The van der Waals surface area contributed by atoms with Crippen molar-refractivity contribution >= 4 is 17.2 Å². The first-order chi connectivity index (χ1) is 12.3. The Labute approximate surface area is 150 Å². The van der Waals surface area contributed by atoms with Crippen molar-refractivity contribution in [2.24, 2.45) is 11.7 Å². The molecule has 1 saturated carbocycles. The number of hydrogen-bond donors (Lipinski definition) is 1. The molecule has 2 aromatic rings. The molecule has 1 aromatic carbocycles. The van der Waals surface area contributed by atoms with Crippen LogP contribution in [-0.2, 0) is 0 Å². The van der Waals surface area contributed by atoms with Gasteiger partial charge in [0.15, 0.2) is 11.5 Å². The van der Waals surface area contributed by atoms with Gasteiger partial charge < -0.3 is 20.1 Å². The van der Waals surface area contributed by atoms with E-state index in [-0.39, 0.29) is 18.7 Å². The fourth-order valence-electron chi connectivity index (χ4n) is 4.60. The van der Waals surface area contributed by atoms with E-state index in [2.05, 4.69) is 4.90 Å². The molecule has 0 radical (unpaired) electrons. The highest BCUT2D eigenvalue weighted by Crippen LogP contribution is 2.44. The van der Waals surface area contributed by atoms with Crippen LogP contribution in [-0.4, -0.2) is 36.2 Å². The first kappa shape index (κ1) is 15.2. The highest BCUT2D eigenvalue weighted by atomic mass is 32.1. The first-order valence-electron chi connectivity index (χ1n) is 8.76. The lowest BCUT2D eigenvalue weighted by molar-refractivity contribution is 0.0608. The van der Waals surface area contributed by atoms with Crippen molar-refractivity contribution in [1.29, 1.82) is 0 Å². The number of likely N-dealkylation sites (tertiary alicyclic amines) is 1. The van der Waals surface area contributed by atoms with Crippen LogP contribution >= 0.6 is 11.3 Å². The maximum atomic E-state index is 13.3. The summed E-state index contributed by atoms with van der Waals surface area (Å²) in [5, 5.41) is 1.99. The number of thiophene rings is 1. The number of carbonyl (C=O) groups excluding carboxylic acids is 1. The van der Waals surface area contributed by atoms with Crippen LogP contribution < -0.4 is 15.2 Å². The lowest BCUT2D eigenvalue weighted by Gasteiger charge is -2.34. The summed E-state index contributed by atoms with van der Waals surface area (Å²) < 4.78 is 10.9. The second-order valence-corrected chi connectivity index (χ2v) is 7.89. The van der Waals surface area contributed by atoms with Gasteiger partial charge in [-0.2, -0.15) is 0 Å². The number of benzene rings is 1. The molecule has 2 aliphatic heterocycles. The Kier molecular flexibility index (Phi) is 3.50. The molecule has 25 heavy (non-hydrogen) atoms. The molecule has 3 heterocycles. The predicted molar refractivity (Wildman–Crippen MR) is 96.0 cm³/mol. The number of ether oxygens (including phenoxy) is 2. The maximum absolute atomic E-state index is 13.3. The zero-order chi connectivity index (χ0) is 17.0. The summed E-state index contributed by atoms with van der Waals surface area (Å²) in [6.45, 7) is 0.806. The van der Waals surface area contributed by atoms with Crippen molar-refractivity contribution in [2.75, 3.05) is 13.3 Å². The summed E-state index contributed by atoms with van der Waals surface area (Å²) in [5.41, 5.74) is 7.94. The normalized spacial score (nSPS) is 26.4. The van der Waals surface area contributed by atoms with E-state index in [9.17, 15) is 4.79 Å². The largest absolute Gasteiger partial charge is 0.454 e. The van der Waals surface area contributed by atoms with Crippen LogP contribution in [0, 0.1) is 5.92 Å². The molecule has 1 aromatic heterocycles. The quantitative estimate of drug-likeness (QED) is 0.918. The molecule has 1 saturated heterocycles. The van der Waals surface area contributed by atoms with Gasteiger partial charge in [0.25, 0.3) is 5.91 Å². The second kappa shape index (κ2) is 5.75. The smallest absolute Gasteiger partial charge is 0.265 e. The highest BCUT2D eigenvalue weighted by molar-refractivity contribution is 7.12. The number of amides is 1. The van der Waals surface area contributed by atoms with E-state index >= 15 is 0 Å². The lowest BCUT2D eigenvalue weighted by atomic mass is 9.98. The van der Waals surface area contributed by atoms with Gasteiger partial charge in [-0.05, 0) is 54.3 Å². The average Bonchev–Trinajstić information content (AvgIpc) is 3.42. The van der Waals surface area contributed by atoms with E-state index in [0.717, 1.165) is 40.3 Å². The molecule has 3 atom stereocenters. The topological polar surface area (TPSA) is 64.8 Å². The minimum absolute atomic E-state index is 0.130. The van der Waals surface area contributed by atoms with E-state index in [0.29, 0.717) is 18.5 Å². The van der Waals surface area contributed by atoms with Gasteiger partial charge in [0.2, 0.25) is 6.79 Å². The number of fused-ring (bicyclic) bond motifs is 3. The third-order valence-electron chi connectivity index (χ3n) is 5.76. The van der Waals surface area contributed by atoms with E-state index in [1.807, 2.05) is 29.6 Å². The van der Waals surface area contributed by atoms with Crippen molar-refractivity contribution < 1.29 is 14.3 Å². The Bertz CT molecular complexity index is 834. The Hall–Kier alpha value is -2.05. The summed E-state index contributed by atoms with van der Waals surface area (Å²) >= 11 is 1.51. The average molecular weight is 356 g/mol. The molecule has 1 amide bonds. The van der Waals surface area contributed by atoms with Crippen LogP contribution in [0.15, 0.2) is 29.6 Å². The molecule has 5 nitrogen and oxygen atoms in total. The minimum Gasteiger partial charge on any atom is -0.454 e. The molecule has 3 aliphatic rings. The molecule has 0 unspecified atom stereocenters. The number of nitrogens with zero attached hydrogens (tertiary/aromatic N) is 1. The molecule has 2 N–H and O–H groups in total. The fraction of sp³-hybridized carbons (Fsp3) is 0.421. The van der Waals surface area contributed by atoms with Gasteiger partial charge >= 0.3 is 0 Å². The first-order valence-corrected chi connectivity index (χ1v) is 9.64. The van der Waals surface area contributed by atoms with E-state index in [4.69, 9.17) is 15.2 Å². The van der Waals surface area contributed by atoms with E-state index in [1.54, 1.807) is 0 Å². The third kappa shape index (κ3) is 2.28. The molecule has 5 rings (SSSR count). The minimum atomic E-state index is 0.130. The van der Waals surface area contributed by atoms with Crippen LogP contribution in [0.3, 0.4) is 0 Å². The molecular weight excluding hydrogens is 336 g/mol. The molecule has 130 valence electrons. The zero-order valence-electron chi connectivity index (χ0n) is 13.8. The number of piperidine rings is 1. The van der Waals surface area contributed by atoms with E-state index in [1.165, 1.54) is 17.8 Å². The lowest BCUT2D eigenvalue weighted by Crippen LogP contribution is -2.48. The SMILES string of the molecule is NC[C@@H]1[C@H]2CC[C@H](C2)N1C(=O)c1sccc1-c1ccc2c(c1)OCO2. The number of carbonyl (C=O) groups is 1.